The van der Waals surface area contributed by atoms with Crippen molar-refractivity contribution < 1.29 is 9.47 Å². The van der Waals surface area contributed by atoms with Crippen molar-refractivity contribution >= 4 is 15.9 Å². The van der Waals surface area contributed by atoms with Gasteiger partial charge in [0.15, 0.2) is 0 Å². The Morgan fingerprint density at radius 1 is 1.33 bits per heavy atom. The van der Waals surface area contributed by atoms with E-state index in [1.807, 2.05) is 0 Å². The van der Waals surface area contributed by atoms with Crippen LogP contribution >= 0.6 is 15.9 Å². The van der Waals surface area contributed by atoms with Crippen LogP contribution in [0.3, 0.4) is 0 Å². The number of benzene rings is 1. The van der Waals surface area contributed by atoms with Crippen LogP contribution in [0.4, 0.5) is 0 Å². The monoisotopic (exact) mass is 355 g/mol. The van der Waals surface area contributed by atoms with E-state index in [1.165, 1.54) is 31.2 Å². The van der Waals surface area contributed by atoms with Crippen LogP contribution < -0.4 is 10.1 Å². The lowest BCUT2D eigenvalue weighted by molar-refractivity contribution is 0.146. The fourth-order valence-electron chi connectivity index (χ4n) is 2.69. The molecule has 1 aliphatic rings. The lowest BCUT2D eigenvalue weighted by Gasteiger charge is -2.35. The third-order valence-electron chi connectivity index (χ3n) is 4.10. The van der Waals surface area contributed by atoms with Gasteiger partial charge >= 0.3 is 0 Å². The van der Waals surface area contributed by atoms with Crippen molar-refractivity contribution in [2.45, 2.75) is 38.6 Å². The van der Waals surface area contributed by atoms with Crippen LogP contribution in [0.5, 0.6) is 5.75 Å². The van der Waals surface area contributed by atoms with Crippen molar-refractivity contribution in [2.75, 3.05) is 26.9 Å². The fourth-order valence-corrected chi connectivity index (χ4v) is 3.20. The zero-order valence-corrected chi connectivity index (χ0v) is 14.6. The molecule has 0 aromatic heterocycles. The molecule has 1 unspecified atom stereocenters. The molecule has 1 aliphatic carbocycles. The van der Waals surface area contributed by atoms with E-state index in [9.17, 15) is 0 Å². The van der Waals surface area contributed by atoms with E-state index in [-0.39, 0.29) is 0 Å². The molecule has 2 rings (SSSR count). The summed E-state index contributed by atoms with van der Waals surface area (Å²) in [6.07, 6.45) is 5.22. The van der Waals surface area contributed by atoms with Crippen molar-refractivity contribution in [3.63, 3.8) is 0 Å². The molecular weight excluding hydrogens is 330 g/mol. The summed E-state index contributed by atoms with van der Waals surface area (Å²) < 4.78 is 11.7. The first-order valence-corrected chi connectivity index (χ1v) is 8.70. The average molecular weight is 356 g/mol. The first kappa shape index (κ1) is 16.8. The molecule has 0 heterocycles. The summed E-state index contributed by atoms with van der Waals surface area (Å²) >= 11 is 3.63. The molecule has 0 radical (unpaired) electrons. The predicted molar refractivity (Wildman–Crippen MR) is 89.9 cm³/mol. The molecule has 0 bridgehead atoms. The van der Waals surface area contributed by atoms with Crippen molar-refractivity contribution in [1.29, 1.82) is 0 Å². The summed E-state index contributed by atoms with van der Waals surface area (Å²) in [4.78, 5) is 0. The Bertz CT molecular complexity index is 435. The molecule has 1 aromatic carbocycles. The molecule has 21 heavy (non-hydrogen) atoms. The minimum Gasteiger partial charge on any atom is -0.490 e. The summed E-state index contributed by atoms with van der Waals surface area (Å²) in [5, 5.41) is 3.70. The standard InChI is InChI=1S/C17H26BrNO2/c1-3-9-19-17(13-5-4-6-13)14-7-8-16(15(18)12-14)21-11-10-20-2/h7-8,12-13,17,19H,3-6,9-11H2,1-2H3. The Balaban J connectivity index is 2.04. The van der Waals surface area contributed by atoms with E-state index in [1.54, 1.807) is 7.11 Å². The number of methoxy groups -OCH3 is 1. The van der Waals surface area contributed by atoms with E-state index in [4.69, 9.17) is 9.47 Å². The van der Waals surface area contributed by atoms with Crippen LogP contribution in [0, 0.1) is 5.92 Å². The smallest absolute Gasteiger partial charge is 0.133 e. The summed E-state index contributed by atoms with van der Waals surface area (Å²) in [6.45, 7) is 4.48. The number of ether oxygens (including phenoxy) is 2. The Hall–Kier alpha value is -0.580. The largest absolute Gasteiger partial charge is 0.490 e. The number of rotatable bonds is 9. The van der Waals surface area contributed by atoms with E-state index in [0.717, 1.165) is 22.7 Å². The highest BCUT2D eigenvalue weighted by molar-refractivity contribution is 9.10. The number of hydrogen-bond acceptors (Lipinski definition) is 3. The lowest BCUT2D eigenvalue weighted by Crippen LogP contribution is -2.32. The molecule has 1 saturated carbocycles. The average Bonchev–Trinajstić information content (AvgIpc) is 2.43. The van der Waals surface area contributed by atoms with Crippen molar-refractivity contribution in [1.82, 2.24) is 5.32 Å². The highest BCUT2D eigenvalue weighted by Crippen LogP contribution is 2.39. The molecular formula is C17H26BrNO2. The maximum atomic E-state index is 5.70. The van der Waals surface area contributed by atoms with Crippen LogP contribution in [-0.2, 0) is 4.74 Å². The second-order valence-corrected chi connectivity index (χ2v) is 6.51. The van der Waals surface area contributed by atoms with Crippen molar-refractivity contribution in [3.8, 4) is 5.75 Å². The summed E-state index contributed by atoms with van der Waals surface area (Å²) in [6, 6.07) is 6.93. The Morgan fingerprint density at radius 2 is 2.14 bits per heavy atom. The molecule has 3 nitrogen and oxygen atoms in total. The van der Waals surface area contributed by atoms with Gasteiger partial charge in [0.25, 0.3) is 0 Å². The lowest BCUT2D eigenvalue weighted by atomic mass is 9.77. The molecule has 1 fully saturated rings. The second kappa shape index (κ2) is 8.76. The van der Waals surface area contributed by atoms with Gasteiger partial charge in [-0.15, -0.1) is 0 Å². The zero-order chi connectivity index (χ0) is 15.1. The molecule has 1 atom stereocenters. The van der Waals surface area contributed by atoms with Gasteiger partial charge in [-0.05, 0) is 65.4 Å². The Kier molecular flexibility index (Phi) is 7.00. The number of hydrogen-bond donors (Lipinski definition) is 1. The zero-order valence-electron chi connectivity index (χ0n) is 13.0. The molecule has 0 spiro atoms. The van der Waals surface area contributed by atoms with Gasteiger partial charge in [0.1, 0.15) is 12.4 Å². The molecule has 1 N–H and O–H groups in total. The fraction of sp³-hybridized carbons (Fsp3) is 0.647. The van der Waals surface area contributed by atoms with Gasteiger partial charge in [0.05, 0.1) is 11.1 Å². The molecule has 118 valence electrons. The summed E-state index contributed by atoms with van der Waals surface area (Å²) in [7, 11) is 1.68. The summed E-state index contributed by atoms with van der Waals surface area (Å²) in [5.41, 5.74) is 1.36. The Labute approximate surface area is 136 Å². The molecule has 0 amide bonds. The van der Waals surface area contributed by atoms with Gasteiger partial charge < -0.3 is 14.8 Å². The highest BCUT2D eigenvalue weighted by Gasteiger charge is 2.28. The quantitative estimate of drug-likeness (QED) is 0.669. The minimum atomic E-state index is 0.475. The Morgan fingerprint density at radius 3 is 2.71 bits per heavy atom. The van der Waals surface area contributed by atoms with Gasteiger partial charge in [0, 0.05) is 13.2 Å². The van der Waals surface area contributed by atoms with Crippen molar-refractivity contribution in [3.05, 3.63) is 28.2 Å². The van der Waals surface area contributed by atoms with E-state index < -0.39 is 0 Å². The third kappa shape index (κ3) is 4.70. The van der Waals surface area contributed by atoms with Crippen LogP contribution in [0.25, 0.3) is 0 Å². The molecule has 0 saturated heterocycles. The first-order valence-electron chi connectivity index (χ1n) is 7.90. The summed E-state index contributed by atoms with van der Waals surface area (Å²) in [5.74, 6) is 1.67. The van der Waals surface area contributed by atoms with E-state index in [0.29, 0.717) is 19.3 Å². The topological polar surface area (TPSA) is 30.5 Å². The normalized spacial score (nSPS) is 16.5. The van der Waals surface area contributed by atoms with E-state index in [2.05, 4.69) is 46.4 Å². The highest BCUT2D eigenvalue weighted by atomic mass is 79.9. The van der Waals surface area contributed by atoms with E-state index >= 15 is 0 Å². The second-order valence-electron chi connectivity index (χ2n) is 5.65. The molecule has 0 aliphatic heterocycles. The first-order chi connectivity index (χ1) is 10.3. The van der Waals surface area contributed by atoms with Crippen LogP contribution in [0.2, 0.25) is 0 Å². The van der Waals surface area contributed by atoms with Gasteiger partial charge in [-0.2, -0.15) is 0 Å². The van der Waals surface area contributed by atoms with Crippen LogP contribution in [-0.4, -0.2) is 26.9 Å². The number of halogens is 1. The molecule has 1 aromatic rings. The van der Waals surface area contributed by atoms with Gasteiger partial charge in [-0.3, -0.25) is 0 Å². The van der Waals surface area contributed by atoms with Gasteiger partial charge in [0.2, 0.25) is 0 Å². The maximum absolute atomic E-state index is 5.70. The van der Waals surface area contributed by atoms with Crippen molar-refractivity contribution in [2.24, 2.45) is 5.92 Å². The SMILES string of the molecule is CCCNC(c1ccc(OCCOC)c(Br)c1)C1CCC1. The van der Waals surface area contributed by atoms with Crippen LogP contribution in [0.1, 0.15) is 44.2 Å². The minimum absolute atomic E-state index is 0.475. The third-order valence-corrected chi connectivity index (χ3v) is 4.72. The van der Waals surface area contributed by atoms with Gasteiger partial charge in [-0.25, -0.2) is 0 Å². The maximum Gasteiger partial charge on any atom is 0.133 e. The predicted octanol–water partition coefficient (Wildman–Crippen LogP) is 4.32. The molecule has 4 heteroatoms. The van der Waals surface area contributed by atoms with Crippen LogP contribution in [0.15, 0.2) is 22.7 Å². The van der Waals surface area contributed by atoms with Gasteiger partial charge in [-0.1, -0.05) is 19.4 Å². The number of nitrogens with one attached hydrogen (secondary N) is 1.